The smallest absolute Gasteiger partial charge is 0.312 e. The van der Waals surface area contributed by atoms with Crippen LogP contribution in [0.4, 0.5) is 0 Å². The molecule has 0 unspecified atom stereocenters. The van der Waals surface area contributed by atoms with E-state index in [1.165, 1.54) is 0 Å². The van der Waals surface area contributed by atoms with Gasteiger partial charge in [-0.1, -0.05) is 13.3 Å². The first kappa shape index (κ1) is 13.9. The Morgan fingerprint density at radius 2 is 1.93 bits per heavy atom. The van der Waals surface area contributed by atoms with Gasteiger partial charge in [0.1, 0.15) is 6.42 Å². The molecule has 2 N–H and O–H groups in total. The highest BCUT2D eigenvalue weighted by Gasteiger charge is 2.05. The number of carboxylic acid groups (broad SMARTS) is 1. The highest BCUT2D eigenvalue weighted by atomic mass is 16.5. The number of hydrogen-bond donors (Lipinski definition) is 2. The van der Waals surface area contributed by atoms with Crippen molar-refractivity contribution in [3.63, 3.8) is 0 Å². The molecule has 0 fully saturated rings. The van der Waals surface area contributed by atoms with Crippen molar-refractivity contribution in [2.24, 2.45) is 0 Å². The Morgan fingerprint density at radius 1 is 1.27 bits per heavy atom. The van der Waals surface area contributed by atoms with Crippen molar-refractivity contribution in [3.8, 4) is 0 Å². The molecule has 0 saturated heterocycles. The summed E-state index contributed by atoms with van der Waals surface area (Å²) in [5, 5.41) is 10.8. The van der Waals surface area contributed by atoms with Crippen molar-refractivity contribution >= 4 is 11.9 Å². The lowest BCUT2D eigenvalue weighted by atomic mass is 10.3. The van der Waals surface area contributed by atoms with Crippen LogP contribution in [-0.4, -0.2) is 36.7 Å². The summed E-state index contributed by atoms with van der Waals surface area (Å²) in [6.45, 7) is 3.92. The molecule has 0 aliphatic carbocycles. The van der Waals surface area contributed by atoms with Crippen LogP contribution >= 0.6 is 0 Å². The largest absolute Gasteiger partial charge is 0.481 e. The average Bonchev–Trinajstić information content (AvgIpc) is 2.15. The van der Waals surface area contributed by atoms with E-state index in [9.17, 15) is 9.59 Å². The van der Waals surface area contributed by atoms with Gasteiger partial charge in [-0.25, -0.2) is 0 Å². The second-order valence-corrected chi connectivity index (χ2v) is 3.24. The predicted molar refractivity (Wildman–Crippen MR) is 55.6 cm³/mol. The Kier molecular flexibility index (Phi) is 8.76. The van der Waals surface area contributed by atoms with Crippen molar-refractivity contribution < 1.29 is 19.4 Å². The number of unbranched alkanes of at least 4 members (excludes halogenated alkanes) is 1. The van der Waals surface area contributed by atoms with Crippen molar-refractivity contribution in [1.82, 2.24) is 5.32 Å². The van der Waals surface area contributed by atoms with Crippen molar-refractivity contribution in [2.75, 3.05) is 19.8 Å². The molecule has 0 atom stereocenters. The minimum atomic E-state index is -1.10. The first-order valence-corrected chi connectivity index (χ1v) is 5.23. The molecule has 15 heavy (non-hydrogen) atoms. The van der Waals surface area contributed by atoms with E-state index in [2.05, 4.69) is 12.2 Å². The summed E-state index contributed by atoms with van der Waals surface area (Å²) in [6, 6.07) is 0. The van der Waals surface area contributed by atoms with Crippen LogP contribution in [-0.2, 0) is 14.3 Å². The second-order valence-electron chi connectivity index (χ2n) is 3.24. The fraction of sp³-hybridized carbons (Fsp3) is 0.800. The van der Waals surface area contributed by atoms with Crippen LogP contribution < -0.4 is 5.32 Å². The summed E-state index contributed by atoms with van der Waals surface area (Å²) in [5.41, 5.74) is 0. The molecule has 0 aromatic heterocycles. The number of carboxylic acids is 1. The number of carbonyl (C=O) groups is 2. The molecule has 0 bridgehead atoms. The number of rotatable bonds is 9. The van der Waals surface area contributed by atoms with Gasteiger partial charge in [0.15, 0.2) is 0 Å². The molecule has 0 heterocycles. The van der Waals surface area contributed by atoms with Crippen LogP contribution in [0, 0.1) is 0 Å². The molecule has 5 heteroatoms. The molecule has 88 valence electrons. The zero-order valence-corrected chi connectivity index (χ0v) is 9.12. The summed E-state index contributed by atoms with van der Waals surface area (Å²) in [4.78, 5) is 21.0. The molecule has 0 aromatic carbocycles. The minimum Gasteiger partial charge on any atom is -0.481 e. The van der Waals surface area contributed by atoms with Crippen LogP contribution in [0.5, 0.6) is 0 Å². The van der Waals surface area contributed by atoms with Gasteiger partial charge in [-0.2, -0.15) is 0 Å². The van der Waals surface area contributed by atoms with E-state index in [0.717, 1.165) is 25.9 Å². The average molecular weight is 217 g/mol. The molecule has 0 aliphatic heterocycles. The van der Waals surface area contributed by atoms with Crippen molar-refractivity contribution in [2.45, 2.75) is 32.6 Å². The lowest BCUT2D eigenvalue weighted by molar-refractivity contribution is -0.140. The van der Waals surface area contributed by atoms with Gasteiger partial charge in [0.25, 0.3) is 0 Å². The first-order chi connectivity index (χ1) is 7.16. The van der Waals surface area contributed by atoms with Gasteiger partial charge in [0.05, 0.1) is 0 Å². The highest BCUT2D eigenvalue weighted by molar-refractivity contribution is 5.93. The molecule has 1 amide bonds. The molecule has 0 spiro atoms. The Balaban J connectivity index is 3.16. The third-order valence-corrected chi connectivity index (χ3v) is 1.74. The van der Waals surface area contributed by atoms with E-state index in [-0.39, 0.29) is 0 Å². The van der Waals surface area contributed by atoms with Crippen LogP contribution in [0.25, 0.3) is 0 Å². The molecule has 0 saturated carbocycles. The normalized spacial score (nSPS) is 9.93. The first-order valence-electron chi connectivity index (χ1n) is 5.23. The van der Waals surface area contributed by atoms with Gasteiger partial charge in [0, 0.05) is 19.8 Å². The Labute approximate surface area is 89.8 Å². The second kappa shape index (κ2) is 9.45. The van der Waals surface area contributed by atoms with Crippen LogP contribution in [0.1, 0.15) is 32.6 Å². The summed E-state index contributed by atoms with van der Waals surface area (Å²) >= 11 is 0. The number of carbonyl (C=O) groups excluding carboxylic acids is 1. The third kappa shape index (κ3) is 10.8. The number of hydrogen-bond acceptors (Lipinski definition) is 3. The molecule has 0 aliphatic rings. The minimum absolute atomic E-state index is 0.448. The lowest BCUT2D eigenvalue weighted by Gasteiger charge is -2.04. The van der Waals surface area contributed by atoms with Gasteiger partial charge in [-0.15, -0.1) is 0 Å². The topological polar surface area (TPSA) is 75.6 Å². The zero-order valence-electron chi connectivity index (χ0n) is 9.12. The fourth-order valence-corrected chi connectivity index (χ4v) is 0.950. The van der Waals surface area contributed by atoms with Crippen LogP contribution in [0.3, 0.4) is 0 Å². The molecular formula is C10H19NO4. The van der Waals surface area contributed by atoms with E-state index in [1.54, 1.807) is 0 Å². The van der Waals surface area contributed by atoms with E-state index in [0.29, 0.717) is 13.2 Å². The maximum atomic E-state index is 10.9. The van der Waals surface area contributed by atoms with E-state index in [4.69, 9.17) is 9.84 Å². The van der Waals surface area contributed by atoms with E-state index < -0.39 is 18.3 Å². The van der Waals surface area contributed by atoms with Gasteiger partial charge in [-0.05, 0) is 12.8 Å². The number of aliphatic carboxylic acids is 1. The molecule has 5 nitrogen and oxygen atoms in total. The van der Waals surface area contributed by atoms with Gasteiger partial charge in [0.2, 0.25) is 5.91 Å². The molecular weight excluding hydrogens is 198 g/mol. The van der Waals surface area contributed by atoms with Crippen molar-refractivity contribution in [3.05, 3.63) is 0 Å². The fourth-order valence-electron chi connectivity index (χ4n) is 0.950. The summed E-state index contributed by atoms with van der Waals surface area (Å²) < 4.78 is 5.27. The number of amides is 1. The van der Waals surface area contributed by atoms with Crippen LogP contribution in [0.15, 0.2) is 0 Å². The van der Waals surface area contributed by atoms with E-state index in [1.807, 2.05) is 0 Å². The van der Waals surface area contributed by atoms with E-state index >= 15 is 0 Å². The zero-order chi connectivity index (χ0) is 11.5. The maximum absolute atomic E-state index is 10.9. The lowest BCUT2D eigenvalue weighted by Crippen LogP contribution is -2.27. The molecule has 0 radical (unpaired) electrons. The Hall–Kier alpha value is -1.10. The van der Waals surface area contributed by atoms with Crippen LogP contribution in [0.2, 0.25) is 0 Å². The third-order valence-electron chi connectivity index (χ3n) is 1.74. The Bertz CT molecular complexity index is 194. The quantitative estimate of drug-likeness (QED) is 0.442. The standard InChI is InChI=1S/C10H19NO4/c1-2-3-6-15-7-4-5-11-9(12)8-10(13)14/h2-8H2,1H3,(H,11,12)(H,13,14). The summed E-state index contributed by atoms with van der Waals surface area (Å²) in [7, 11) is 0. The maximum Gasteiger partial charge on any atom is 0.312 e. The number of nitrogens with one attached hydrogen (secondary N) is 1. The molecule has 0 aromatic rings. The monoisotopic (exact) mass is 217 g/mol. The van der Waals surface area contributed by atoms with Crippen molar-refractivity contribution in [1.29, 1.82) is 0 Å². The molecule has 0 rings (SSSR count). The Morgan fingerprint density at radius 3 is 2.53 bits per heavy atom. The van der Waals surface area contributed by atoms with Gasteiger partial charge < -0.3 is 15.2 Å². The summed E-state index contributed by atoms with van der Waals surface area (Å²) in [6.07, 6.45) is 2.41. The SMILES string of the molecule is CCCCOCCCNC(=O)CC(=O)O. The summed E-state index contributed by atoms with van der Waals surface area (Å²) in [5.74, 6) is -1.55. The number of ether oxygens (including phenoxy) is 1. The van der Waals surface area contributed by atoms with Gasteiger partial charge in [-0.3, -0.25) is 9.59 Å². The predicted octanol–water partition coefficient (Wildman–Crippen LogP) is 0.784. The van der Waals surface area contributed by atoms with Gasteiger partial charge >= 0.3 is 5.97 Å². The highest BCUT2D eigenvalue weighted by Crippen LogP contribution is 1.89.